The third-order valence-corrected chi connectivity index (χ3v) is 4.84. The highest BCUT2D eigenvalue weighted by Gasteiger charge is 2.21. The van der Waals surface area contributed by atoms with E-state index in [9.17, 15) is 10.1 Å². The molecule has 1 aliphatic heterocycles. The molecule has 2 heterocycles. The smallest absolute Gasteiger partial charge is 0.234 e. The van der Waals surface area contributed by atoms with Gasteiger partial charge in [-0.15, -0.1) is 0 Å². The molecule has 0 saturated carbocycles. The molecular weight excluding hydrogens is 354 g/mol. The molecule has 0 atom stereocenters. The third kappa shape index (κ3) is 5.21. The molecule has 146 valence electrons. The monoisotopic (exact) mass is 379 g/mol. The summed E-state index contributed by atoms with van der Waals surface area (Å²) in [5, 5.41) is 12.2. The number of nitriles is 1. The van der Waals surface area contributed by atoms with Crippen molar-refractivity contribution in [3.8, 4) is 11.8 Å². The van der Waals surface area contributed by atoms with Crippen molar-refractivity contribution in [2.75, 3.05) is 51.3 Å². The van der Waals surface area contributed by atoms with Crippen molar-refractivity contribution in [3.63, 3.8) is 0 Å². The summed E-state index contributed by atoms with van der Waals surface area (Å²) in [5.74, 6) is 1.60. The Morgan fingerprint density at radius 3 is 2.64 bits per heavy atom. The van der Waals surface area contributed by atoms with Crippen molar-refractivity contribution >= 4 is 11.7 Å². The van der Waals surface area contributed by atoms with E-state index in [2.05, 4.69) is 26.2 Å². The zero-order valence-electron chi connectivity index (χ0n) is 16.1. The van der Waals surface area contributed by atoms with Crippen molar-refractivity contribution in [2.24, 2.45) is 0 Å². The average Bonchev–Trinajstić information content (AvgIpc) is 2.75. The van der Waals surface area contributed by atoms with Gasteiger partial charge in [0, 0.05) is 38.9 Å². The fourth-order valence-corrected chi connectivity index (χ4v) is 3.25. The summed E-state index contributed by atoms with van der Waals surface area (Å²) in [7, 11) is 1.65. The summed E-state index contributed by atoms with van der Waals surface area (Å²) in [6, 6.07) is 13.6. The van der Waals surface area contributed by atoms with Gasteiger partial charge >= 0.3 is 0 Å². The first-order valence-electron chi connectivity index (χ1n) is 9.41. The Balaban J connectivity index is 1.39. The van der Waals surface area contributed by atoms with Gasteiger partial charge in [-0.25, -0.2) is 4.98 Å². The van der Waals surface area contributed by atoms with Crippen LogP contribution in [0.5, 0.6) is 5.75 Å². The molecule has 0 radical (unpaired) electrons. The number of anilines is 1. The van der Waals surface area contributed by atoms with E-state index >= 15 is 0 Å². The minimum atomic E-state index is 0.0394. The molecule has 1 aromatic carbocycles. The highest BCUT2D eigenvalue weighted by atomic mass is 16.5. The van der Waals surface area contributed by atoms with Crippen LogP contribution in [0.2, 0.25) is 0 Å². The highest BCUT2D eigenvalue weighted by molar-refractivity contribution is 5.78. The maximum absolute atomic E-state index is 12.2. The standard InChI is InChI=1S/C21H25N5O2/c1-28-19-6-4-17(5-7-19)8-10-23-20(27)16-25-11-13-26(14-12-25)21-18(15-22)3-2-9-24-21/h2-7,9H,8,10-14,16H2,1H3,(H,23,27). The van der Waals surface area contributed by atoms with Crippen LogP contribution in [0.4, 0.5) is 5.82 Å². The van der Waals surface area contributed by atoms with Crippen LogP contribution in [0, 0.1) is 11.3 Å². The SMILES string of the molecule is COc1ccc(CCNC(=O)CN2CCN(c3ncccc3C#N)CC2)cc1. The molecule has 7 heteroatoms. The molecule has 3 rings (SSSR count). The van der Waals surface area contributed by atoms with Crippen molar-refractivity contribution in [3.05, 3.63) is 53.7 Å². The average molecular weight is 379 g/mol. The molecule has 1 N–H and O–H groups in total. The van der Waals surface area contributed by atoms with E-state index in [0.717, 1.165) is 44.2 Å². The maximum Gasteiger partial charge on any atom is 0.234 e. The van der Waals surface area contributed by atoms with E-state index in [4.69, 9.17) is 4.74 Å². The van der Waals surface area contributed by atoms with E-state index in [1.807, 2.05) is 24.3 Å². The van der Waals surface area contributed by atoms with Gasteiger partial charge in [-0.05, 0) is 36.2 Å². The van der Waals surface area contributed by atoms with Crippen LogP contribution in [-0.2, 0) is 11.2 Å². The van der Waals surface area contributed by atoms with Crippen LogP contribution in [0.1, 0.15) is 11.1 Å². The summed E-state index contributed by atoms with van der Waals surface area (Å²) in [4.78, 5) is 20.8. The van der Waals surface area contributed by atoms with Gasteiger partial charge in [-0.1, -0.05) is 12.1 Å². The molecule has 1 fully saturated rings. The summed E-state index contributed by atoms with van der Waals surface area (Å²) in [6.45, 7) is 4.06. The summed E-state index contributed by atoms with van der Waals surface area (Å²) < 4.78 is 5.15. The number of pyridine rings is 1. The lowest BCUT2D eigenvalue weighted by molar-refractivity contribution is -0.122. The number of ether oxygens (including phenoxy) is 1. The molecule has 1 saturated heterocycles. The van der Waals surface area contributed by atoms with E-state index in [1.165, 1.54) is 5.56 Å². The number of hydrogen-bond acceptors (Lipinski definition) is 6. The summed E-state index contributed by atoms with van der Waals surface area (Å²) in [6.07, 6.45) is 2.50. The quantitative estimate of drug-likeness (QED) is 0.784. The Morgan fingerprint density at radius 1 is 1.21 bits per heavy atom. The lowest BCUT2D eigenvalue weighted by atomic mass is 10.1. The summed E-state index contributed by atoms with van der Waals surface area (Å²) in [5.41, 5.74) is 1.76. The van der Waals surface area contributed by atoms with E-state index in [0.29, 0.717) is 18.7 Å². The Bertz CT molecular complexity index is 823. The minimum absolute atomic E-state index is 0.0394. The van der Waals surface area contributed by atoms with Gasteiger partial charge in [0.25, 0.3) is 0 Å². The number of methoxy groups -OCH3 is 1. The predicted octanol–water partition coefficient (Wildman–Crippen LogP) is 1.44. The first kappa shape index (κ1) is 19.6. The Labute approximate surface area is 165 Å². The summed E-state index contributed by atoms with van der Waals surface area (Å²) >= 11 is 0. The number of carbonyl (C=O) groups is 1. The molecule has 2 aromatic rings. The van der Waals surface area contributed by atoms with Crippen LogP contribution in [-0.4, -0.2) is 62.2 Å². The lowest BCUT2D eigenvalue weighted by Crippen LogP contribution is -2.50. The number of carbonyl (C=O) groups excluding carboxylic acids is 1. The number of amides is 1. The number of hydrogen-bond donors (Lipinski definition) is 1. The largest absolute Gasteiger partial charge is 0.497 e. The number of nitrogens with one attached hydrogen (secondary N) is 1. The Kier molecular flexibility index (Phi) is 6.82. The van der Waals surface area contributed by atoms with Crippen molar-refractivity contribution < 1.29 is 9.53 Å². The van der Waals surface area contributed by atoms with Crippen molar-refractivity contribution in [1.82, 2.24) is 15.2 Å². The Morgan fingerprint density at radius 2 is 1.96 bits per heavy atom. The second kappa shape index (κ2) is 9.72. The van der Waals surface area contributed by atoms with Gasteiger partial charge in [0.1, 0.15) is 17.6 Å². The molecule has 0 unspecified atom stereocenters. The van der Waals surface area contributed by atoms with Crippen LogP contribution in [0.15, 0.2) is 42.6 Å². The number of aromatic nitrogens is 1. The first-order valence-corrected chi connectivity index (χ1v) is 9.41. The molecule has 0 bridgehead atoms. The molecule has 1 amide bonds. The highest BCUT2D eigenvalue weighted by Crippen LogP contribution is 2.17. The first-order chi connectivity index (χ1) is 13.7. The predicted molar refractivity (Wildman–Crippen MR) is 107 cm³/mol. The van der Waals surface area contributed by atoms with Gasteiger partial charge in [0.2, 0.25) is 5.91 Å². The van der Waals surface area contributed by atoms with Crippen LogP contribution in [0.25, 0.3) is 0 Å². The van der Waals surface area contributed by atoms with Crippen LogP contribution < -0.4 is 15.0 Å². The molecule has 1 aromatic heterocycles. The van der Waals surface area contributed by atoms with Crippen LogP contribution in [0.3, 0.4) is 0 Å². The fourth-order valence-electron chi connectivity index (χ4n) is 3.25. The molecule has 0 aliphatic carbocycles. The van der Waals surface area contributed by atoms with Gasteiger partial charge < -0.3 is 15.0 Å². The third-order valence-electron chi connectivity index (χ3n) is 4.84. The van der Waals surface area contributed by atoms with Crippen molar-refractivity contribution in [2.45, 2.75) is 6.42 Å². The zero-order chi connectivity index (χ0) is 19.8. The normalized spacial score (nSPS) is 14.4. The van der Waals surface area contributed by atoms with E-state index < -0.39 is 0 Å². The second-order valence-electron chi connectivity index (χ2n) is 6.70. The van der Waals surface area contributed by atoms with Gasteiger partial charge in [0.15, 0.2) is 0 Å². The molecule has 1 aliphatic rings. The molecule has 7 nitrogen and oxygen atoms in total. The Hall–Kier alpha value is -3.11. The maximum atomic E-state index is 12.2. The van der Waals surface area contributed by atoms with Crippen LogP contribution >= 0.6 is 0 Å². The van der Waals surface area contributed by atoms with E-state index in [-0.39, 0.29) is 5.91 Å². The van der Waals surface area contributed by atoms with Gasteiger partial charge in [0.05, 0.1) is 19.2 Å². The topological polar surface area (TPSA) is 81.5 Å². The molecule has 28 heavy (non-hydrogen) atoms. The van der Waals surface area contributed by atoms with Gasteiger partial charge in [-0.2, -0.15) is 5.26 Å². The van der Waals surface area contributed by atoms with Gasteiger partial charge in [-0.3, -0.25) is 9.69 Å². The minimum Gasteiger partial charge on any atom is -0.497 e. The number of benzene rings is 1. The van der Waals surface area contributed by atoms with E-state index in [1.54, 1.807) is 25.4 Å². The number of nitrogens with zero attached hydrogens (tertiary/aromatic N) is 4. The molecular formula is C21H25N5O2. The molecule has 0 spiro atoms. The number of rotatable bonds is 7. The zero-order valence-corrected chi connectivity index (χ0v) is 16.1. The van der Waals surface area contributed by atoms with Crippen molar-refractivity contribution in [1.29, 1.82) is 5.26 Å². The second-order valence-corrected chi connectivity index (χ2v) is 6.70. The lowest BCUT2D eigenvalue weighted by Gasteiger charge is -2.35. The fraction of sp³-hybridized carbons (Fsp3) is 0.381. The number of piperazine rings is 1.